The number of benzene rings is 1. The quantitative estimate of drug-likeness (QED) is 0.769. The Labute approximate surface area is 129 Å². The van der Waals surface area contributed by atoms with Gasteiger partial charge in [0.25, 0.3) is 0 Å². The van der Waals surface area contributed by atoms with E-state index in [1.807, 2.05) is 36.4 Å². The molecule has 4 nitrogen and oxygen atoms in total. The molecule has 0 aliphatic rings. The van der Waals surface area contributed by atoms with Crippen LogP contribution in [-0.4, -0.2) is 34.9 Å². The largest absolute Gasteiger partial charge is 0.361 e. The Balaban J connectivity index is 1.85. The number of hydrogen-bond donors (Lipinski definition) is 0. The van der Waals surface area contributed by atoms with Crippen molar-refractivity contribution in [2.45, 2.75) is 25.1 Å². The molecule has 1 aromatic carbocycles. The minimum absolute atomic E-state index is 0.0563. The number of aryl methyl sites for hydroxylation is 1. The van der Waals surface area contributed by atoms with Crippen LogP contribution in [0.25, 0.3) is 11.3 Å². The highest BCUT2D eigenvalue weighted by atomic mass is 35.5. The van der Waals surface area contributed by atoms with Crippen LogP contribution in [0.5, 0.6) is 0 Å². The van der Waals surface area contributed by atoms with Gasteiger partial charge in [0.15, 0.2) is 0 Å². The SMILES string of the molecule is CC(Cl)C(=O)N(C)CCCc1cc(-c2ccccc2)no1. The molecule has 112 valence electrons. The Morgan fingerprint density at radius 1 is 1.38 bits per heavy atom. The number of aromatic nitrogens is 1. The van der Waals surface area contributed by atoms with Crippen molar-refractivity contribution >= 4 is 17.5 Å². The van der Waals surface area contributed by atoms with Crippen molar-refractivity contribution in [3.63, 3.8) is 0 Å². The molecular weight excluding hydrogens is 288 g/mol. The first kappa shape index (κ1) is 15.6. The average molecular weight is 307 g/mol. The number of hydrogen-bond acceptors (Lipinski definition) is 3. The van der Waals surface area contributed by atoms with Crippen LogP contribution in [0.15, 0.2) is 40.9 Å². The molecule has 0 radical (unpaired) electrons. The van der Waals surface area contributed by atoms with Crippen LogP contribution in [0.2, 0.25) is 0 Å². The lowest BCUT2D eigenvalue weighted by molar-refractivity contribution is -0.129. The van der Waals surface area contributed by atoms with Gasteiger partial charge in [-0.2, -0.15) is 0 Å². The topological polar surface area (TPSA) is 46.3 Å². The van der Waals surface area contributed by atoms with Crippen molar-refractivity contribution in [3.05, 3.63) is 42.2 Å². The third-order valence-electron chi connectivity index (χ3n) is 3.26. The van der Waals surface area contributed by atoms with Gasteiger partial charge in [-0.05, 0) is 13.3 Å². The van der Waals surface area contributed by atoms with Crippen molar-refractivity contribution in [3.8, 4) is 11.3 Å². The van der Waals surface area contributed by atoms with E-state index in [0.29, 0.717) is 6.54 Å². The van der Waals surface area contributed by atoms with E-state index < -0.39 is 5.38 Å². The molecule has 0 bridgehead atoms. The monoisotopic (exact) mass is 306 g/mol. The lowest BCUT2D eigenvalue weighted by Gasteiger charge is -2.17. The van der Waals surface area contributed by atoms with Crippen LogP contribution in [0.3, 0.4) is 0 Å². The molecule has 1 atom stereocenters. The molecule has 0 spiro atoms. The first-order valence-electron chi connectivity index (χ1n) is 6.98. The van der Waals surface area contributed by atoms with Gasteiger partial charge in [0, 0.05) is 31.6 Å². The van der Waals surface area contributed by atoms with Gasteiger partial charge in [-0.25, -0.2) is 0 Å². The van der Waals surface area contributed by atoms with E-state index >= 15 is 0 Å². The van der Waals surface area contributed by atoms with Crippen LogP contribution in [0.1, 0.15) is 19.1 Å². The third-order valence-corrected chi connectivity index (χ3v) is 3.45. The third kappa shape index (κ3) is 4.33. The predicted octanol–water partition coefficient (Wildman–Crippen LogP) is 3.36. The summed E-state index contributed by atoms with van der Waals surface area (Å²) in [5, 5.41) is 3.59. The zero-order valence-electron chi connectivity index (χ0n) is 12.3. The molecule has 0 aliphatic heterocycles. The molecule has 2 aromatic rings. The van der Waals surface area contributed by atoms with Gasteiger partial charge < -0.3 is 9.42 Å². The Bertz CT molecular complexity index is 581. The standard InChI is InChI=1S/C16H19ClN2O2/c1-12(17)16(20)19(2)10-6-9-14-11-15(18-21-14)13-7-4-3-5-8-13/h3-5,7-8,11-12H,6,9-10H2,1-2H3. The van der Waals surface area contributed by atoms with Crippen LogP contribution >= 0.6 is 11.6 Å². The maximum absolute atomic E-state index is 11.6. The van der Waals surface area contributed by atoms with Gasteiger partial charge in [-0.1, -0.05) is 35.5 Å². The highest BCUT2D eigenvalue weighted by Crippen LogP contribution is 2.19. The van der Waals surface area contributed by atoms with Crippen LogP contribution in [-0.2, 0) is 11.2 Å². The summed E-state index contributed by atoms with van der Waals surface area (Å²) in [6.45, 7) is 2.33. The number of amides is 1. The van der Waals surface area contributed by atoms with E-state index in [1.54, 1.807) is 18.9 Å². The number of halogens is 1. The molecule has 1 unspecified atom stereocenters. The molecule has 2 rings (SSSR count). The highest BCUT2D eigenvalue weighted by Gasteiger charge is 2.14. The van der Waals surface area contributed by atoms with E-state index in [2.05, 4.69) is 5.16 Å². The second kappa shape index (κ2) is 7.27. The van der Waals surface area contributed by atoms with Gasteiger partial charge >= 0.3 is 0 Å². The Morgan fingerprint density at radius 2 is 2.10 bits per heavy atom. The molecule has 0 fully saturated rings. The van der Waals surface area contributed by atoms with Gasteiger partial charge in [0.2, 0.25) is 5.91 Å². The lowest BCUT2D eigenvalue weighted by Crippen LogP contribution is -2.33. The summed E-state index contributed by atoms with van der Waals surface area (Å²) in [5.41, 5.74) is 1.88. The maximum atomic E-state index is 11.6. The highest BCUT2D eigenvalue weighted by molar-refractivity contribution is 6.30. The fourth-order valence-electron chi connectivity index (χ4n) is 2.08. The summed E-state index contributed by atoms with van der Waals surface area (Å²) in [6, 6.07) is 11.8. The normalized spacial score (nSPS) is 12.1. The zero-order chi connectivity index (χ0) is 15.2. The summed E-state index contributed by atoms with van der Waals surface area (Å²) in [7, 11) is 1.76. The molecule has 5 heteroatoms. The lowest BCUT2D eigenvalue weighted by atomic mass is 10.1. The molecule has 1 aromatic heterocycles. The summed E-state index contributed by atoms with van der Waals surface area (Å²) in [6.07, 6.45) is 1.56. The van der Waals surface area contributed by atoms with Gasteiger partial charge in [0.05, 0.1) is 0 Å². The maximum Gasteiger partial charge on any atom is 0.240 e. The predicted molar refractivity (Wildman–Crippen MR) is 83.2 cm³/mol. The number of rotatable bonds is 6. The number of carbonyl (C=O) groups excluding carboxylic acids is 1. The molecule has 0 N–H and O–H groups in total. The second-order valence-electron chi connectivity index (χ2n) is 5.02. The van der Waals surface area contributed by atoms with Crippen LogP contribution < -0.4 is 0 Å². The van der Waals surface area contributed by atoms with Crippen LogP contribution in [0.4, 0.5) is 0 Å². The molecule has 0 aliphatic carbocycles. The summed E-state index contributed by atoms with van der Waals surface area (Å²) in [5.74, 6) is 0.771. The van der Waals surface area contributed by atoms with Crippen molar-refractivity contribution in [2.75, 3.05) is 13.6 Å². The molecule has 1 heterocycles. The van der Waals surface area contributed by atoms with E-state index in [-0.39, 0.29) is 5.91 Å². The van der Waals surface area contributed by atoms with Gasteiger partial charge in [-0.15, -0.1) is 11.6 Å². The second-order valence-corrected chi connectivity index (χ2v) is 5.68. The first-order chi connectivity index (χ1) is 10.1. The van der Waals surface area contributed by atoms with Crippen molar-refractivity contribution < 1.29 is 9.32 Å². The smallest absolute Gasteiger partial charge is 0.240 e. The van der Waals surface area contributed by atoms with Gasteiger partial charge in [-0.3, -0.25) is 4.79 Å². The number of nitrogens with zero attached hydrogens (tertiary/aromatic N) is 2. The number of carbonyl (C=O) groups is 1. The minimum Gasteiger partial charge on any atom is -0.361 e. The van der Waals surface area contributed by atoms with Crippen LogP contribution in [0, 0.1) is 0 Å². The Morgan fingerprint density at radius 3 is 2.76 bits per heavy atom. The zero-order valence-corrected chi connectivity index (χ0v) is 13.0. The minimum atomic E-state index is -0.482. The Hall–Kier alpha value is -1.81. The van der Waals surface area contributed by atoms with E-state index in [1.165, 1.54) is 0 Å². The molecule has 0 saturated heterocycles. The Kier molecular flexibility index (Phi) is 5.39. The van der Waals surface area contributed by atoms with Gasteiger partial charge in [0.1, 0.15) is 16.8 Å². The molecule has 21 heavy (non-hydrogen) atoms. The van der Waals surface area contributed by atoms with Crippen molar-refractivity contribution in [1.29, 1.82) is 0 Å². The summed E-state index contributed by atoms with van der Waals surface area (Å²) >= 11 is 5.77. The van der Waals surface area contributed by atoms with E-state index in [9.17, 15) is 4.79 Å². The summed E-state index contributed by atoms with van der Waals surface area (Å²) < 4.78 is 5.33. The fourth-order valence-corrected chi connectivity index (χ4v) is 2.25. The average Bonchev–Trinajstić information content (AvgIpc) is 2.96. The molecule has 1 amide bonds. The number of alkyl halides is 1. The fraction of sp³-hybridized carbons (Fsp3) is 0.375. The van der Waals surface area contributed by atoms with E-state index in [4.69, 9.17) is 16.1 Å². The van der Waals surface area contributed by atoms with Crippen molar-refractivity contribution in [2.24, 2.45) is 0 Å². The summed E-state index contributed by atoms with van der Waals surface area (Å²) in [4.78, 5) is 13.3. The molecular formula is C16H19ClN2O2. The van der Waals surface area contributed by atoms with E-state index in [0.717, 1.165) is 29.9 Å². The molecule has 0 saturated carbocycles. The van der Waals surface area contributed by atoms with Crippen molar-refractivity contribution in [1.82, 2.24) is 10.1 Å². The first-order valence-corrected chi connectivity index (χ1v) is 7.41.